The molecule has 162 valence electrons. The molecule has 0 saturated carbocycles. The second-order valence-electron chi connectivity index (χ2n) is 7.80. The molecule has 1 saturated heterocycles. The van der Waals surface area contributed by atoms with Crippen molar-refractivity contribution >= 4 is 22.7 Å². The van der Waals surface area contributed by atoms with Crippen LogP contribution in [0.3, 0.4) is 0 Å². The van der Waals surface area contributed by atoms with E-state index in [0.717, 1.165) is 61.7 Å². The van der Waals surface area contributed by atoms with Gasteiger partial charge in [-0.05, 0) is 29.2 Å². The number of thioether (sulfide) groups is 1. The smallest absolute Gasteiger partial charge is 0.168 e. The number of aromatic nitrogens is 1. The largest absolute Gasteiger partial charge is 0.497 e. The van der Waals surface area contributed by atoms with Crippen LogP contribution in [0.1, 0.15) is 17.2 Å². The lowest BCUT2D eigenvalue weighted by molar-refractivity contribution is 0.0405. The summed E-state index contributed by atoms with van der Waals surface area (Å²) in [5.74, 6) is 1.76. The fraction of sp³-hybridized carbons (Fsp3) is 0.391. The van der Waals surface area contributed by atoms with Gasteiger partial charge in [0.1, 0.15) is 11.6 Å². The number of nitrogens with one attached hydrogen (secondary N) is 1. The van der Waals surface area contributed by atoms with Gasteiger partial charge in [0, 0.05) is 43.6 Å². The number of amidine groups is 1. The Morgan fingerprint density at radius 1 is 1.19 bits per heavy atom. The molecule has 4 heterocycles. The lowest BCUT2D eigenvalue weighted by Gasteiger charge is -2.29. The summed E-state index contributed by atoms with van der Waals surface area (Å²) in [6.07, 6.45) is 1.83. The third kappa shape index (κ3) is 4.56. The van der Waals surface area contributed by atoms with Gasteiger partial charge in [0.2, 0.25) is 0 Å². The van der Waals surface area contributed by atoms with Gasteiger partial charge in [0.05, 0.1) is 32.9 Å². The number of fused-ring (bicyclic) bond motifs is 1. The topological polar surface area (TPSA) is 62.2 Å². The van der Waals surface area contributed by atoms with Gasteiger partial charge in [-0.15, -0.1) is 0 Å². The first-order valence-electron chi connectivity index (χ1n) is 10.6. The van der Waals surface area contributed by atoms with Crippen molar-refractivity contribution in [3.63, 3.8) is 0 Å². The molecule has 1 unspecified atom stereocenters. The van der Waals surface area contributed by atoms with Crippen LogP contribution in [0.5, 0.6) is 5.75 Å². The summed E-state index contributed by atoms with van der Waals surface area (Å²) < 4.78 is 10.7. The number of aliphatic imine (C=N–C) groups is 1. The van der Waals surface area contributed by atoms with Crippen LogP contribution in [-0.4, -0.2) is 66.5 Å². The van der Waals surface area contributed by atoms with Crippen LogP contribution >= 0.6 is 11.8 Å². The van der Waals surface area contributed by atoms with E-state index in [1.54, 1.807) is 18.9 Å². The quantitative estimate of drug-likeness (QED) is 0.713. The van der Waals surface area contributed by atoms with Gasteiger partial charge in [-0.3, -0.25) is 9.89 Å². The summed E-state index contributed by atoms with van der Waals surface area (Å²) in [7, 11) is 1.68. The van der Waals surface area contributed by atoms with Crippen molar-refractivity contribution in [1.82, 2.24) is 14.8 Å². The summed E-state index contributed by atoms with van der Waals surface area (Å²) in [5.41, 5.74) is 3.66. The lowest BCUT2D eigenvalue weighted by Crippen LogP contribution is -2.39. The standard InChI is InChI=1S/C23H27N5O2S/c1-29-19-6-4-17(5-7-19)13-25-22-20(3-2-8-24-22)21-15-28-18(16-31-23(28)26-21)14-27-9-11-30-12-10-27/h2-8,16,21H,9-15H2,1H3,(H,24,25). The molecule has 5 rings (SSSR count). The Kier molecular flexibility index (Phi) is 6.11. The van der Waals surface area contributed by atoms with E-state index in [-0.39, 0.29) is 6.04 Å². The van der Waals surface area contributed by atoms with E-state index in [1.807, 2.05) is 24.4 Å². The number of ether oxygens (including phenoxy) is 2. The molecule has 1 N–H and O–H groups in total. The van der Waals surface area contributed by atoms with Crippen molar-refractivity contribution < 1.29 is 9.47 Å². The van der Waals surface area contributed by atoms with Crippen molar-refractivity contribution in [2.45, 2.75) is 12.6 Å². The molecule has 2 aromatic rings. The minimum Gasteiger partial charge on any atom is -0.497 e. The fourth-order valence-electron chi connectivity index (χ4n) is 4.06. The van der Waals surface area contributed by atoms with E-state index in [0.29, 0.717) is 6.54 Å². The Hall–Kier alpha value is -2.55. The summed E-state index contributed by atoms with van der Waals surface area (Å²) in [4.78, 5) is 14.4. The number of methoxy groups -OCH3 is 1. The van der Waals surface area contributed by atoms with Crippen LogP contribution in [0, 0.1) is 0 Å². The molecule has 31 heavy (non-hydrogen) atoms. The highest BCUT2D eigenvalue weighted by molar-refractivity contribution is 8.16. The maximum atomic E-state index is 5.48. The Balaban J connectivity index is 1.25. The van der Waals surface area contributed by atoms with Gasteiger partial charge in [-0.2, -0.15) is 0 Å². The molecule has 3 aliphatic heterocycles. The van der Waals surface area contributed by atoms with Gasteiger partial charge in [0.15, 0.2) is 5.17 Å². The highest BCUT2D eigenvalue weighted by Crippen LogP contribution is 2.38. The third-order valence-corrected chi connectivity index (χ3v) is 6.73. The maximum Gasteiger partial charge on any atom is 0.168 e. The second-order valence-corrected chi connectivity index (χ2v) is 8.63. The molecule has 1 atom stereocenters. The number of hydrogen-bond acceptors (Lipinski definition) is 8. The van der Waals surface area contributed by atoms with Crippen molar-refractivity contribution in [3.05, 3.63) is 64.8 Å². The highest BCUT2D eigenvalue weighted by Gasteiger charge is 2.34. The Labute approximate surface area is 187 Å². The van der Waals surface area contributed by atoms with E-state index in [9.17, 15) is 0 Å². The van der Waals surface area contributed by atoms with Gasteiger partial charge in [-0.25, -0.2) is 4.98 Å². The van der Waals surface area contributed by atoms with Gasteiger partial charge in [-0.1, -0.05) is 30.0 Å². The molecule has 0 bridgehead atoms. The first-order valence-corrected chi connectivity index (χ1v) is 11.5. The number of pyridine rings is 1. The number of hydrogen-bond donors (Lipinski definition) is 1. The van der Waals surface area contributed by atoms with E-state index in [1.165, 1.54) is 11.3 Å². The SMILES string of the molecule is COc1ccc(CNc2ncccc2C2CN3C(CN4CCOCC4)=CSC3=N2)cc1. The Morgan fingerprint density at radius 3 is 2.84 bits per heavy atom. The van der Waals surface area contributed by atoms with E-state index in [4.69, 9.17) is 14.5 Å². The zero-order valence-electron chi connectivity index (χ0n) is 17.7. The molecule has 1 aromatic heterocycles. The van der Waals surface area contributed by atoms with Crippen LogP contribution in [-0.2, 0) is 11.3 Å². The molecule has 3 aliphatic rings. The number of morpholine rings is 1. The summed E-state index contributed by atoms with van der Waals surface area (Å²) in [5, 5.41) is 6.85. The first kappa shape index (κ1) is 20.4. The summed E-state index contributed by atoms with van der Waals surface area (Å²) in [6, 6.07) is 12.3. The average Bonchev–Trinajstić information content (AvgIpc) is 3.41. The third-order valence-electron chi connectivity index (χ3n) is 5.81. The molecular formula is C23H27N5O2S. The van der Waals surface area contributed by atoms with Crippen molar-refractivity contribution in [2.75, 3.05) is 51.8 Å². The second kappa shape index (κ2) is 9.30. The highest BCUT2D eigenvalue weighted by atomic mass is 32.2. The molecule has 1 fully saturated rings. The Bertz CT molecular complexity index is 972. The molecule has 1 aromatic carbocycles. The van der Waals surface area contributed by atoms with E-state index < -0.39 is 0 Å². The molecule has 0 spiro atoms. The van der Waals surface area contributed by atoms with Crippen LogP contribution in [0.4, 0.5) is 5.82 Å². The normalized spacial score (nSPS) is 20.9. The molecule has 7 nitrogen and oxygen atoms in total. The molecular weight excluding hydrogens is 410 g/mol. The van der Waals surface area contributed by atoms with Crippen LogP contribution in [0.15, 0.2) is 58.7 Å². The minimum atomic E-state index is 0.0861. The number of anilines is 1. The predicted molar refractivity (Wildman–Crippen MR) is 124 cm³/mol. The number of benzene rings is 1. The molecule has 8 heteroatoms. The molecule has 0 amide bonds. The first-order chi connectivity index (χ1) is 15.3. The maximum absolute atomic E-state index is 5.48. The Morgan fingerprint density at radius 2 is 2.03 bits per heavy atom. The zero-order chi connectivity index (χ0) is 21.0. The number of nitrogens with zero attached hydrogens (tertiary/aromatic N) is 4. The monoisotopic (exact) mass is 437 g/mol. The van der Waals surface area contributed by atoms with Crippen LogP contribution in [0.2, 0.25) is 0 Å². The van der Waals surface area contributed by atoms with Crippen molar-refractivity contribution in [1.29, 1.82) is 0 Å². The minimum absolute atomic E-state index is 0.0861. The number of rotatable bonds is 7. The fourth-order valence-corrected chi connectivity index (χ4v) is 5.01. The van der Waals surface area contributed by atoms with Crippen LogP contribution in [0.25, 0.3) is 0 Å². The van der Waals surface area contributed by atoms with E-state index >= 15 is 0 Å². The molecule has 0 radical (unpaired) electrons. The van der Waals surface area contributed by atoms with Gasteiger partial charge >= 0.3 is 0 Å². The lowest BCUT2D eigenvalue weighted by atomic mass is 10.1. The average molecular weight is 438 g/mol. The zero-order valence-corrected chi connectivity index (χ0v) is 18.5. The summed E-state index contributed by atoms with van der Waals surface area (Å²) in [6.45, 7) is 6.16. The van der Waals surface area contributed by atoms with Gasteiger partial charge in [0.25, 0.3) is 0 Å². The van der Waals surface area contributed by atoms with Crippen LogP contribution < -0.4 is 10.1 Å². The van der Waals surface area contributed by atoms with E-state index in [2.05, 4.69) is 43.7 Å². The van der Waals surface area contributed by atoms with Crippen molar-refractivity contribution in [2.24, 2.45) is 4.99 Å². The summed E-state index contributed by atoms with van der Waals surface area (Å²) >= 11 is 1.73. The van der Waals surface area contributed by atoms with Crippen molar-refractivity contribution in [3.8, 4) is 5.75 Å². The van der Waals surface area contributed by atoms with Gasteiger partial charge < -0.3 is 19.7 Å². The predicted octanol–water partition coefficient (Wildman–Crippen LogP) is 3.34. The molecule has 0 aliphatic carbocycles.